The fourth-order valence-corrected chi connectivity index (χ4v) is 5.98. The largest absolute Gasteiger partial charge is 0.301 e. The lowest BCUT2D eigenvalue weighted by Crippen LogP contribution is -2.13. The van der Waals surface area contributed by atoms with Gasteiger partial charge in [0.15, 0.2) is 10.9 Å². The molecule has 0 amide bonds. The summed E-state index contributed by atoms with van der Waals surface area (Å²) < 4.78 is 0. The van der Waals surface area contributed by atoms with Crippen molar-refractivity contribution >= 4 is 50.4 Å². The van der Waals surface area contributed by atoms with E-state index in [0.29, 0.717) is 11.1 Å². The van der Waals surface area contributed by atoms with Crippen LogP contribution in [0.4, 0.5) is 0 Å². The maximum atomic E-state index is 12.5. The maximum Gasteiger partial charge on any atom is 0.260 e. The fraction of sp³-hybridized carbons (Fsp3) is 0.353. The van der Waals surface area contributed by atoms with Crippen LogP contribution in [-0.2, 0) is 12.8 Å². The Morgan fingerprint density at radius 1 is 1.50 bits per heavy atom. The van der Waals surface area contributed by atoms with Crippen LogP contribution in [-0.4, -0.2) is 21.5 Å². The zero-order chi connectivity index (χ0) is 16.7. The minimum atomic E-state index is -0.0712. The molecule has 1 aliphatic rings. The SMILES string of the molecule is C[C@@H]1CCc2c(sc3nc(SCC(=O)c4cccs4)[nH]c(=O)c23)C1. The van der Waals surface area contributed by atoms with Gasteiger partial charge in [0.25, 0.3) is 5.56 Å². The van der Waals surface area contributed by atoms with E-state index in [4.69, 9.17) is 0 Å². The molecule has 0 aromatic carbocycles. The number of hydrogen-bond acceptors (Lipinski definition) is 6. The fourth-order valence-electron chi connectivity index (χ4n) is 3.04. The number of thioether (sulfide) groups is 1. The summed E-state index contributed by atoms with van der Waals surface area (Å²) in [5.41, 5.74) is 1.12. The molecular formula is C17H16N2O2S3. The van der Waals surface area contributed by atoms with E-state index in [0.717, 1.165) is 34.4 Å². The van der Waals surface area contributed by atoms with E-state index in [2.05, 4.69) is 16.9 Å². The second kappa shape index (κ2) is 6.46. The molecule has 0 aliphatic heterocycles. The van der Waals surface area contributed by atoms with Gasteiger partial charge < -0.3 is 4.98 Å². The highest BCUT2D eigenvalue weighted by Crippen LogP contribution is 2.36. The Hall–Kier alpha value is -1.44. The highest BCUT2D eigenvalue weighted by atomic mass is 32.2. The van der Waals surface area contributed by atoms with Crippen LogP contribution in [0.3, 0.4) is 0 Å². The molecule has 0 spiro atoms. The molecule has 0 fully saturated rings. The summed E-state index contributed by atoms with van der Waals surface area (Å²) in [4.78, 5) is 34.9. The van der Waals surface area contributed by atoms with Crippen molar-refractivity contribution in [2.45, 2.75) is 31.3 Å². The van der Waals surface area contributed by atoms with Crippen LogP contribution in [0.25, 0.3) is 10.2 Å². The van der Waals surface area contributed by atoms with E-state index in [1.54, 1.807) is 11.3 Å². The summed E-state index contributed by atoms with van der Waals surface area (Å²) in [5, 5.41) is 3.18. The first kappa shape index (κ1) is 16.1. The van der Waals surface area contributed by atoms with E-state index in [1.165, 1.54) is 33.5 Å². The van der Waals surface area contributed by atoms with Crippen molar-refractivity contribution in [3.05, 3.63) is 43.2 Å². The minimum absolute atomic E-state index is 0.0667. The van der Waals surface area contributed by atoms with Crippen LogP contribution in [0.15, 0.2) is 27.5 Å². The third-order valence-electron chi connectivity index (χ3n) is 4.28. The van der Waals surface area contributed by atoms with Gasteiger partial charge in [-0.15, -0.1) is 22.7 Å². The van der Waals surface area contributed by atoms with Gasteiger partial charge in [-0.1, -0.05) is 24.8 Å². The Kier molecular flexibility index (Phi) is 4.32. The van der Waals surface area contributed by atoms with Gasteiger partial charge in [-0.05, 0) is 42.2 Å². The lowest BCUT2D eigenvalue weighted by atomic mass is 9.89. The molecule has 1 atom stereocenters. The number of thiophene rings is 2. The number of fused-ring (bicyclic) bond motifs is 3. The Morgan fingerprint density at radius 3 is 3.17 bits per heavy atom. The third-order valence-corrected chi connectivity index (χ3v) is 7.21. The van der Waals surface area contributed by atoms with Crippen LogP contribution >= 0.6 is 34.4 Å². The summed E-state index contributed by atoms with van der Waals surface area (Å²) in [6.45, 7) is 2.25. The molecule has 24 heavy (non-hydrogen) atoms. The lowest BCUT2D eigenvalue weighted by molar-refractivity contribution is 0.102. The first-order chi connectivity index (χ1) is 11.6. The van der Waals surface area contributed by atoms with Crippen molar-refractivity contribution in [3.63, 3.8) is 0 Å². The molecular weight excluding hydrogens is 360 g/mol. The van der Waals surface area contributed by atoms with Crippen molar-refractivity contribution in [3.8, 4) is 0 Å². The highest BCUT2D eigenvalue weighted by Gasteiger charge is 2.23. The van der Waals surface area contributed by atoms with Gasteiger partial charge in [0.1, 0.15) is 4.83 Å². The number of rotatable bonds is 4. The van der Waals surface area contributed by atoms with Crippen molar-refractivity contribution < 1.29 is 4.79 Å². The number of aryl methyl sites for hydroxylation is 1. The number of hydrogen-bond donors (Lipinski definition) is 1. The molecule has 0 bridgehead atoms. The van der Waals surface area contributed by atoms with E-state index < -0.39 is 0 Å². The van der Waals surface area contributed by atoms with Crippen LogP contribution < -0.4 is 5.56 Å². The van der Waals surface area contributed by atoms with E-state index in [9.17, 15) is 9.59 Å². The predicted molar refractivity (Wildman–Crippen MR) is 101 cm³/mol. The smallest absolute Gasteiger partial charge is 0.260 e. The van der Waals surface area contributed by atoms with Crippen LogP contribution in [0.5, 0.6) is 0 Å². The quantitative estimate of drug-likeness (QED) is 0.422. The first-order valence-corrected chi connectivity index (χ1v) is 10.5. The average molecular weight is 377 g/mol. The Labute approximate surface area is 151 Å². The molecule has 3 aromatic rings. The topological polar surface area (TPSA) is 62.8 Å². The molecule has 0 unspecified atom stereocenters. The molecule has 4 rings (SSSR count). The van der Waals surface area contributed by atoms with Gasteiger partial charge in [0.05, 0.1) is 16.0 Å². The summed E-state index contributed by atoms with van der Waals surface area (Å²) >= 11 is 4.37. The molecule has 0 saturated heterocycles. The summed E-state index contributed by atoms with van der Waals surface area (Å²) in [7, 11) is 0. The van der Waals surface area contributed by atoms with E-state index in [-0.39, 0.29) is 17.1 Å². The molecule has 3 heterocycles. The normalized spacial score (nSPS) is 17.1. The highest BCUT2D eigenvalue weighted by molar-refractivity contribution is 7.99. The van der Waals surface area contributed by atoms with Crippen molar-refractivity contribution in [2.24, 2.45) is 5.92 Å². The monoisotopic (exact) mass is 376 g/mol. The Balaban J connectivity index is 1.61. The molecule has 7 heteroatoms. The lowest BCUT2D eigenvalue weighted by Gasteiger charge is -2.17. The van der Waals surface area contributed by atoms with Gasteiger partial charge in [-0.2, -0.15) is 0 Å². The summed E-state index contributed by atoms with van der Waals surface area (Å²) in [5.74, 6) is 1.02. The maximum absolute atomic E-state index is 12.5. The van der Waals surface area contributed by atoms with E-state index >= 15 is 0 Å². The third kappa shape index (κ3) is 2.96. The van der Waals surface area contributed by atoms with Crippen LogP contribution in [0, 0.1) is 5.92 Å². The number of H-pyrrole nitrogens is 1. The van der Waals surface area contributed by atoms with Gasteiger partial charge in [0.2, 0.25) is 0 Å². The minimum Gasteiger partial charge on any atom is -0.301 e. The zero-order valence-electron chi connectivity index (χ0n) is 13.1. The van der Waals surface area contributed by atoms with Gasteiger partial charge in [-0.3, -0.25) is 9.59 Å². The number of aromatic nitrogens is 2. The van der Waals surface area contributed by atoms with E-state index in [1.807, 2.05) is 17.5 Å². The molecule has 4 nitrogen and oxygen atoms in total. The van der Waals surface area contributed by atoms with Crippen LogP contribution in [0.2, 0.25) is 0 Å². The average Bonchev–Trinajstić information content (AvgIpc) is 3.19. The Morgan fingerprint density at radius 2 is 2.38 bits per heavy atom. The number of Topliss-reactive ketones (excluding diaryl/α,β-unsaturated/α-hetero) is 1. The van der Waals surface area contributed by atoms with Gasteiger partial charge >= 0.3 is 0 Å². The second-order valence-electron chi connectivity index (χ2n) is 6.09. The second-order valence-corrected chi connectivity index (χ2v) is 9.09. The van der Waals surface area contributed by atoms with Gasteiger partial charge in [-0.25, -0.2) is 4.98 Å². The standard InChI is InChI=1S/C17H16N2O2S3/c1-9-4-5-10-13(7-9)24-16-14(10)15(21)18-17(19-16)23-8-11(20)12-3-2-6-22-12/h2-3,6,9H,4-5,7-8H2,1H3,(H,18,19,21)/t9-/m1/s1. The molecule has 1 N–H and O–H groups in total. The number of nitrogens with zero attached hydrogens (tertiary/aromatic N) is 1. The van der Waals surface area contributed by atoms with Crippen LogP contribution in [0.1, 0.15) is 33.5 Å². The van der Waals surface area contributed by atoms with Crippen molar-refractivity contribution in [1.82, 2.24) is 9.97 Å². The molecule has 0 saturated carbocycles. The number of nitrogens with one attached hydrogen (secondary N) is 1. The molecule has 3 aromatic heterocycles. The summed E-state index contributed by atoms with van der Waals surface area (Å²) in [6.07, 6.45) is 3.13. The molecule has 124 valence electrons. The molecule has 0 radical (unpaired) electrons. The van der Waals surface area contributed by atoms with Crippen molar-refractivity contribution in [1.29, 1.82) is 0 Å². The Bertz CT molecular complexity index is 956. The zero-order valence-corrected chi connectivity index (χ0v) is 15.6. The predicted octanol–water partition coefficient (Wildman–Crippen LogP) is 4.15. The number of carbonyl (C=O) groups is 1. The number of ketones is 1. The van der Waals surface area contributed by atoms with Crippen molar-refractivity contribution in [2.75, 3.05) is 5.75 Å². The number of aromatic amines is 1. The van der Waals surface area contributed by atoms with Gasteiger partial charge in [0, 0.05) is 4.88 Å². The molecule has 1 aliphatic carbocycles. The summed E-state index contributed by atoms with van der Waals surface area (Å²) in [6, 6.07) is 3.69. The first-order valence-electron chi connectivity index (χ1n) is 7.86. The number of carbonyl (C=O) groups excluding carboxylic acids is 1.